The van der Waals surface area contributed by atoms with Crippen molar-refractivity contribution in [2.24, 2.45) is 5.92 Å². The molecule has 0 aromatic heterocycles. The fourth-order valence-corrected chi connectivity index (χ4v) is 2.07. The highest BCUT2D eigenvalue weighted by molar-refractivity contribution is 5.67. The van der Waals surface area contributed by atoms with Crippen molar-refractivity contribution in [1.29, 1.82) is 0 Å². The van der Waals surface area contributed by atoms with Crippen molar-refractivity contribution in [3.63, 3.8) is 0 Å². The lowest BCUT2D eigenvalue weighted by atomic mass is 9.95. The van der Waals surface area contributed by atoms with Gasteiger partial charge in [-0.3, -0.25) is 0 Å². The zero-order chi connectivity index (χ0) is 20.3. The molecule has 2 N–H and O–H groups in total. The van der Waals surface area contributed by atoms with Gasteiger partial charge in [0.05, 0.1) is 17.2 Å². The molecular formula is C15H16F6O5. The van der Waals surface area contributed by atoms with E-state index in [2.05, 4.69) is 4.74 Å². The van der Waals surface area contributed by atoms with Crippen molar-refractivity contribution in [2.75, 3.05) is 6.61 Å². The van der Waals surface area contributed by atoms with E-state index in [-0.39, 0.29) is 6.07 Å². The molecule has 0 bridgehead atoms. The number of rotatable bonds is 7. The predicted molar refractivity (Wildman–Crippen MR) is 74.7 cm³/mol. The van der Waals surface area contributed by atoms with Gasteiger partial charge < -0.3 is 19.7 Å². The Hall–Kier alpha value is -1.85. The number of aliphatic carboxylic acids is 1. The molecule has 0 aliphatic carbocycles. The summed E-state index contributed by atoms with van der Waals surface area (Å²) in [7, 11) is 0. The molecule has 0 amide bonds. The number of ether oxygens (including phenoxy) is 2. The van der Waals surface area contributed by atoms with Crippen LogP contribution < -0.4 is 0 Å². The SMILES string of the molecule is CC(C)C(OC(O)OCC(=O)O)c1cc(C(F)(F)F)cc(C(F)(F)F)c1. The fourth-order valence-electron chi connectivity index (χ4n) is 2.07. The van der Waals surface area contributed by atoms with E-state index in [0.717, 1.165) is 0 Å². The van der Waals surface area contributed by atoms with Gasteiger partial charge in [0, 0.05) is 0 Å². The van der Waals surface area contributed by atoms with Crippen molar-refractivity contribution < 1.29 is 50.8 Å². The molecule has 2 atom stereocenters. The second-order valence-corrected chi connectivity index (χ2v) is 5.65. The minimum absolute atomic E-state index is 0.0295. The first-order valence-corrected chi connectivity index (χ1v) is 7.18. The molecule has 0 heterocycles. The van der Waals surface area contributed by atoms with E-state index >= 15 is 0 Å². The first-order valence-electron chi connectivity index (χ1n) is 7.18. The van der Waals surface area contributed by atoms with Gasteiger partial charge in [-0.15, -0.1) is 0 Å². The molecule has 0 saturated carbocycles. The molecule has 1 aromatic rings. The van der Waals surface area contributed by atoms with Crippen LogP contribution in [0.4, 0.5) is 26.3 Å². The Bertz CT molecular complexity index is 594. The fraction of sp³-hybridized carbons (Fsp3) is 0.533. The summed E-state index contributed by atoms with van der Waals surface area (Å²) in [6.45, 7) is -0.255. The Labute approximate surface area is 144 Å². The van der Waals surface area contributed by atoms with Crippen LogP contribution >= 0.6 is 0 Å². The average molecular weight is 390 g/mol. The second kappa shape index (κ2) is 8.23. The van der Waals surface area contributed by atoms with E-state index in [1.54, 1.807) is 0 Å². The summed E-state index contributed by atoms with van der Waals surface area (Å²) in [5.74, 6) is -2.12. The Morgan fingerprint density at radius 3 is 1.85 bits per heavy atom. The topological polar surface area (TPSA) is 76.0 Å². The molecule has 0 saturated heterocycles. The minimum Gasteiger partial charge on any atom is -0.480 e. The van der Waals surface area contributed by atoms with Gasteiger partial charge in [0.25, 0.3) is 6.48 Å². The normalized spacial score (nSPS) is 15.2. The molecule has 0 aliphatic heterocycles. The summed E-state index contributed by atoms with van der Waals surface area (Å²) in [6.07, 6.45) is -11.5. The van der Waals surface area contributed by atoms with E-state index in [9.17, 15) is 36.2 Å². The third-order valence-corrected chi connectivity index (χ3v) is 3.16. The van der Waals surface area contributed by atoms with Crippen LogP contribution in [0.1, 0.15) is 36.6 Å². The number of alkyl halides is 6. The molecule has 0 radical (unpaired) electrons. The second-order valence-electron chi connectivity index (χ2n) is 5.65. The summed E-state index contributed by atoms with van der Waals surface area (Å²) < 4.78 is 86.9. The maximum atomic E-state index is 12.9. The summed E-state index contributed by atoms with van der Waals surface area (Å²) in [5, 5.41) is 17.9. The molecule has 11 heteroatoms. The molecule has 2 unspecified atom stereocenters. The summed E-state index contributed by atoms with van der Waals surface area (Å²) in [5.41, 5.74) is -3.55. The highest BCUT2D eigenvalue weighted by Crippen LogP contribution is 2.39. The molecule has 148 valence electrons. The van der Waals surface area contributed by atoms with Gasteiger partial charge in [-0.05, 0) is 29.7 Å². The molecule has 5 nitrogen and oxygen atoms in total. The van der Waals surface area contributed by atoms with Crippen LogP contribution in [0.5, 0.6) is 0 Å². The number of carbonyl (C=O) groups is 1. The van der Waals surface area contributed by atoms with Gasteiger partial charge in [-0.2, -0.15) is 26.3 Å². The maximum Gasteiger partial charge on any atom is 0.416 e. The van der Waals surface area contributed by atoms with E-state index in [1.165, 1.54) is 13.8 Å². The van der Waals surface area contributed by atoms with Crippen molar-refractivity contribution in [3.8, 4) is 0 Å². The standard InChI is InChI=1S/C15H16F6O5/c1-7(2)12(26-13(24)25-6-11(22)23)8-3-9(14(16,17)18)5-10(4-8)15(19,20)21/h3-5,7,12-13,24H,6H2,1-2H3,(H,22,23). The van der Waals surface area contributed by atoms with Crippen molar-refractivity contribution in [2.45, 2.75) is 38.8 Å². The van der Waals surface area contributed by atoms with Crippen LogP contribution in [-0.4, -0.2) is 29.3 Å². The number of hydrogen-bond acceptors (Lipinski definition) is 4. The lowest BCUT2D eigenvalue weighted by molar-refractivity contribution is -0.288. The summed E-state index contributed by atoms with van der Waals surface area (Å²) in [4.78, 5) is 10.4. The van der Waals surface area contributed by atoms with Crippen LogP contribution in [0.3, 0.4) is 0 Å². The highest BCUT2D eigenvalue weighted by atomic mass is 19.4. The van der Waals surface area contributed by atoms with Crippen LogP contribution in [0.25, 0.3) is 0 Å². The number of carboxylic acid groups (broad SMARTS) is 1. The van der Waals surface area contributed by atoms with E-state index in [0.29, 0.717) is 12.1 Å². The first-order chi connectivity index (χ1) is 11.7. The number of hydrogen-bond donors (Lipinski definition) is 2. The smallest absolute Gasteiger partial charge is 0.416 e. The van der Waals surface area contributed by atoms with Crippen LogP contribution in [-0.2, 0) is 26.6 Å². The van der Waals surface area contributed by atoms with Gasteiger partial charge in [-0.1, -0.05) is 13.8 Å². The van der Waals surface area contributed by atoms with Crippen LogP contribution in [0.2, 0.25) is 0 Å². The summed E-state index contributed by atoms with van der Waals surface area (Å²) >= 11 is 0. The number of carboxylic acids is 1. The molecule has 0 fully saturated rings. The van der Waals surface area contributed by atoms with E-state index in [1.807, 2.05) is 0 Å². The Morgan fingerprint density at radius 2 is 1.50 bits per heavy atom. The lowest BCUT2D eigenvalue weighted by Crippen LogP contribution is -2.25. The number of aliphatic hydroxyl groups excluding tert-OH is 1. The molecule has 1 rings (SSSR count). The third-order valence-electron chi connectivity index (χ3n) is 3.16. The van der Waals surface area contributed by atoms with E-state index in [4.69, 9.17) is 9.84 Å². The van der Waals surface area contributed by atoms with Gasteiger partial charge >= 0.3 is 18.3 Å². The summed E-state index contributed by atoms with van der Waals surface area (Å²) in [6, 6.07) is 0.923. The minimum atomic E-state index is -5.03. The predicted octanol–water partition coefficient (Wildman–Crippen LogP) is 3.82. The van der Waals surface area contributed by atoms with Crippen molar-refractivity contribution in [3.05, 3.63) is 34.9 Å². The molecule has 1 aromatic carbocycles. The zero-order valence-electron chi connectivity index (χ0n) is 13.6. The average Bonchev–Trinajstić information content (AvgIpc) is 2.48. The van der Waals surface area contributed by atoms with Gasteiger partial charge in [0.15, 0.2) is 0 Å². The molecule has 0 spiro atoms. The Kier molecular flexibility index (Phi) is 7.02. The number of benzene rings is 1. The van der Waals surface area contributed by atoms with Crippen LogP contribution in [0.15, 0.2) is 18.2 Å². The van der Waals surface area contributed by atoms with Gasteiger partial charge in [0.2, 0.25) is 0 Å². The first kappa shape index (κ1) is 22.2. The molecule has 26 heavy (non-hydrogen) atoms. The number of halogens is 6. The third kappa shape index (κ3) is 6.46. The Morgan fingerprint density at radius 1 is 1.04 bits per heavy atom. The number of aliphatic hydroxyl groups is 1. The maximum absolute atomic E-state index is 12.9. The zero-order valence-corrected chi connectivity index (χ0v) is 13.6. The monoisotopic (exact) mass is 390 g/mol. The largest absolute Gasteiger partial charge is 0.480 e. The highest BCUT2D eigenvalue weighted by Gasteiger charge is 2.38. The molecular weight excluding hydrogens is 374 g/mol. The van der Waals surface area contributed by atoms with Gasteiger partial charge in [0.1, 0.15) is 6.61 Å². The van der Waals surface area contributed by atoms with Gasteiger partial charge in [-0.25, -0.2) is 4.79 Å². The quantitative estimate of drug-likeness (QED) is 0.547. The van der Waals surface area contributed by atoms with E-state index < -0.39 is 60.1 Å². The van der Waals surface area contributed by atoms with Crippen molar-refractivity contribution in [1.82, 2.24) is 0 Å². The van der Waals surface area contributed by atoms with Crippen molar-refractivity contribution >= 4 is 5.97 Å². The Balaban J connectivity index is 3.27. The molecule has 0 aliphatic rings. The van der Waals surface area contributed by atoms with Crippen LogP contribution in [0, 0.1) is 5.92 Å². The lowest BCUT2D eigenvalue weighted by Gasteiger charge is -2.26.